The third kappa shape index (κ3) is 5.58. The normalized spacial score (nSPS) is 13.1. The standard InChI is InChI=1S/C21H22F3NO3/c1-20(2,3)15-10-6-14(7-11-15)18(26)25-17(19(27)28)12-13-4-8-16(9-5-13)21(22,23)24/h4-11,17H,12H2,1-3H3,(H,25,26)(H,27,28)/t17-/m0/s1. The second-order valence-electron chi connectivity index (χ2n) is 7.59. The summed E-state index contributed by atoms with van der Waals surface area (Å²) in [5.74, 6) is -1.82. The third-order valence-corrected chi connectivity index (χ3v) is 4.34. The lowest BCUT2D eigenvalue weighted by atomic mass is 9.86. The van der Waals surface area contributed by atoms with Crippen molar-refractivity contribution in [2.75, 3.05) is 0 Å². The minimum atomic E-state index is -4.46. The highest BCUT2D eigenvalue weighted by Crippen LogP contribution is 2.29. The van der Waals surface area contributed by atoms with Gasteiger partial charge in [-0.3, -0.25) is 4.79 Å². The molecule has 0 heterocycles. The van der Waals surface area contributed by atoms with E-state index in [-0.39, 0.29) is 11.8 Å². The topological polar surface area (TPSA) is 66.4 Å². The largest absolute Gasteiger partial charge is 0.480 e. The van der Waals surface area contributed by atoms with Crippen molar-refractivity contribution in [3.63, 3.8) is 0 Å². The average molecular weight is 393 g/mol. The molecule has 0 aromatic heterocycles. The van der Waals surface area contributed by atoms with Gasteiger partial charge in [0.2, 0.25) is 0 Å². The molecule has 4 nitrogen and oxygen atoms in total. The molecule has 2 N–H and O–H groups in total. The Bertz CT molecular complexity index is 835. The number of amides is 1. The number of halogens is 3. The molecular weight excluding hydrogens is 371 g/mol. The highest BCUT2D eigenvalue weighted by Gasteiger charge is 2.30. The zero-order chi connectivity index (χ0) is 21.1. The second-order valence-corrected chi connectivity index (χ2v) is 7.59. The first-order valence-corrected chi connectivity index (χ1v) is 8.68. The van der Waals surface area contributed by atoms with Crippen molar-refractivity contribution in [2.24, 2.45) is 0 Å². The van der Waals surface area contributed by atoms with Crippen LogP contribution in [0.5, 0.6) is 0 Å². The molecule has 1 amide bonds. The number of aliphatic carboxylic acids is 1. The van der Waals surface area contributed by atoms with E-state index < -0.39 is 29.7 Å². The predicted octanol–water partition coefficient (Wildman–Crippen LogP) is 4.43. The van der Waals surface area contributed by atoms with Gasteiger partial charge in [-0.25, -0.2) is 4.79 Å². The van der Waals surface area contributed by atoms with E-state index in [1.807, 2.05) is 20.8 Å². The Balaban J connectivity index is 2.10. The summed E-state index contributed by atoms with van der Waals surface area (Å²) in [6.45, 7) is 6.10. The van der Waals surface area contributed by atoms with Crippen LogP contribution in [0, 0.1) is 0 Å². The summed E-state index contributed by atoms with van der Waals surface area (Å²) in [4.78, 5) is 23.9. The number of hydrogen-bond donors (Lipinski definition) is 2. The van der Waals surface area contributed by atoms with Gasteiger partial charge in [0.25, 0.3) is 5.91 Å². The smallest absolute Gasteiger partial charge is 0.416 e. The molecular formula is C21H22F3NO3. The molecule has 0 aliphatic carbocycles. The minimum absolute atomic E-state index is 0.0822. The summed E-state index contributed by atoms with van der Waals surface area (Å²) >= 11 is 0. The number of carboxylic acids is 1. The number of hydrogen-bond acceptors (Lipinski definition) is 2. The Morgan fingerprint density at radius 3 is 1.86 bits per heavy atom. The number of rotatable bonds is 5. The van der Waals surface area contributed by atoms with Gasteiger partial charge in [0, 0.05) is 12.0 Å². The van der Waals surface area contributed by atoms with Gasteiger partial charge >= 0.3 is 12.1 Å². The van der Waals surface area contributed by atoms with Gasteiger partial charge in [-0.2, -0.15) is 13.2 Å². The van der Waals surface area contributed by atoms with Crippen LogP contribution in [0.1, 0.15) is 47.8 Å². The Kier molecular flexibility index (Phi) is 6.17. The minimum Gasteiger partial charge on any atom is -0.480 e. The zero-order valence-corrected chi connectivity index (χ0v) is 15.8. The summed E-state index contributed by atoms with van der Waals surface area (Å²) in [5.41, 5.74) is 0.825. The van der Waals surface area contributed by atoms with Crippen LogP contribution in [-0.2, 0) is 22.8 Å². The van der Waals surface area contributed by atoms with E-state index in [9.17, 15) is 27.9 Å². The Morgan fingerprint density at radius 1 is 0.929 bits per heavy atom. The van der Waals surface area contributed by atoms with Crippen molar-refractivity contribution < 1.29 is 27.9 Å². The molecule has 0 fully saturated rings. The SMILES string of the molecule is CC(C)(C)c1ccc(C(=O)N[C@@H](Cc2ccc(C(F)(F)F)cc2)C(=O)O)cc1. The van der Waals surface area contributed by atoms with Gasteiger partial charge < -0.3 is 10.4 Å². The van der Waals surface area contributed by atoms with E-state index in [1.54, 1.807) is 24.3 Å². The molecule has 2 rings (SSSR count). The van der Waals surface area contributed by atoms with Gasteiger partial charge in [0.15, 0.2) is 0 Å². The van der Waals surface area contributed by atoms with Crippen molar-refractivity contribution in [3.8, 4) is 0 Å². The highest BCUT2D eigenvalue weighted by molar-refractivity contribution is 5.96. The van der Waals surface area contributed by atoms with E-state index in [0.717, 1.165) is 17.7 Å². The molecule has 0 radical (unpaired) electrons. The summed E-state index contributed by atoms with van der Waals surface area (Å²) in [6, 6.07) is 9.79. The lowest BCUT2D eigenvalue weighted by molar-refractivity contribution is -0.139. The second kappa shape index (κ2) is 8.04. The number of benzene rings is 2. The molecule has 0 aliphatic rings. The van der Waals surface area contributed by atoms with Crippen LogP contribution < -0.4 is 5.32 Å². The molecule has 2 aromatic rings. The summed E-state index contributed by atoms with van der Waals surface area (Å²) in [5, 5.41) is 11.8. The molecule has 7 heteroatoms. The Hall–Kier alpha value is -2.83. The maximum absolute atomic E-state index is 12.6. The van der Waals surface area contributed by atoms with Crippen LogP contribution in [0.3, 0.4) is 0 Å². The first kappa shape index (κ1) is 21.5. The summed E-state index contributed by atoms with van der Waals surface area (Å²) in [6.07, 6.45) is -4.59. The summed E-state index contributed by atoms with van der Waals surface area (Å²) in [7, 11) is 0. The van der Waals surface area contributed by atoms with Crippen LogP contribution >= 0.6 is 0 Å². The predicted molar refractivity (Wildman–Crippen MR) is 99.2 cm³/mol. The van der Waals surface area contributed by atoms with Gasteiger partial charge in [-0.05, 0) is 40.8 Å². The molecule has 2 aromatic carbocycles. The molecule has 150 valence electrons. The fourth-order valence-corrected chi connectivity index (χ4v) is 2.63. The first-order chi connectivity index (χ1) is 12.9. The monoisotopic (exact) mass is 393 g/mol. The van der Waals surface area contributed by atoms with Crippen LogP contribution in [-0.4, -0.2) is 23.0 Å². The fourth-order valence-electron chi connectivity index (χ4n) is 2.63. The number of carboxylic acid groups (broad SMARTS) is 1. The van der Waals surface area contributed by atoms with Gasteiger partial charge in [-0.1, -0.05) is 45.0 Å². The van der Waals surface area contributed by atoms with Crippen LogP contribution in [0.15, 0.2) is 48.5 Å². The molecule has 0 saturated heterocycles. The molecule has 28 heavy (non-hydrogen) atoms. The van der Waals surface area contributed by atoms with E-state index in [4.69, 9.17) is 0 Å². The Labute approximate surface area is 161 Å². The van der Waals surface area contributed by atoms with Crippen LogP contribution in [0.4, 0.5) is 13.2 Å². The molecule has 0 unspecified atom stereocenters. The van der Waals surface area contributed by atoms with Gasteiger partial charge in [0.1, 0.15) is 6.04 Å². The molecule has 0 spiro atoms. The number of carbonyl (C=O) groups is 2. The Morgan fingerprint density at radius 2 is 1.43 bits per heavy atom. The molecule has 0 aliphatic heterocycles. The van der Waals surface area contributed by atoms with Gasteiger partial charge in [-0.15, -0.1) is 0 Å². The van der Waals surface area contributed by atoms with E-state index >= 15 is 0 Å². The zero-order valence-electron chi connectivity index (χ0n) is 15.8. The highest BCUT2D eigenvalue weighted by atomic mass is 19.4. The summed E-state index contributed by atoms with van der Waals surface area (Å²) < 4.78 is 37.9. The quantitative estimate of drug-likeness (QED) is 0.790. The number of nitrogens with one attached hydrogen (secondary N) is 1. The van der Waals surface area contributed by atoms with E-state index in [0.29, 0.717) is 11.1 Å². The van der Waals surface area contributed by atoms with Gasteiger partial charge in [0.05, 0.1) is 5.56 Å². The third-order valence-electron chi connectivity index (χ3n) is 4.34. The number of alkyl halides is 3. The van der Waals surface area contributed by atoms with E-state index in [1.165, 1.54) is 12.1 Å². The average Bonchev–Trinajstić information content (AvgIpc) is 2.60. The maximum atomic E-state index is 12.6. The van der Waals surface area contributed by atoms with Crippen molar-refractivity contribution in [2.45, 2.75) is 44.8 Å². The van der Waals surface area contributed by atoms with Crippen molar-refractivity contribution >= 4 is 11.9 Å². The number of carbonyl (C=O) groups excluding carboxylic acids is 1. The lowest BCUT2D eigenvalue weighted by Gasteiger charge is -2.19. The molecule has 0 bridgehead atoms. The van der Waals surface area contributed by atoms with Crippen LogP contribution in [0.2, 0.25) is 0 Å². The maximum Gasteiger partial charge on any atom is 0.416 e. The van der Waals surface area contributed by atoms with Crippen molar-refractivity contribution in [1.29, 1.82) is 0 Å². The van der Waals surface area contributed by atoms with E-state index in [2.05, 4.69) is 5.32 Å². The molecule has 1 atom stereocenters. The fraction of sp³-hybridized carbons (Fsp3) is 0.333. The lowest BCUT2D eigenvalue weighted by Crippen LogP contribution is -2.42. The first-order valence-electron chi connectivity index (χ1n) is 8.68. The molecule has 0 saturated carbocycles. The van der Waals surface area contributed by atoms with Crippen LogP contribution in [0.25, 0.3) is 0 Å². The van der Waals surface area contributed by atoms with Crippen molar-refractivity contribution in [3.05, 3.63) is 70.8 Å². The van der Waals surface area contributed by atoms with Crippen molar-refractivity contribution in [1.82, 2.24) is 5.32 Å².